The molecule has 3 heteroatoms. The quantitative estimate of drug-likeness (QED) is 0.837. The van der Waals surface area contributed by atoms with E-state index in [9.17, 15) is 5.11 Å². The molecule has 0 aliphatic heterocycles. The van der Waals surface area contributed by atoms with Gasteiger partial charge in [0.25, 0.3) is 0 Å². The molecule has 0 saturated heterocycles. The van der Waals surface area contributed by atoms with E-state index in [4.69, 9.17) is 11.6 Å². The van der Waals surface area contributed by atoms with Crippen LogP contribution in [0.4, 0.5) is 5.69 Å². The Kier molecular flexibility index (Phi) is 4.52. The van der Waals surface area contributed by atoms with Crippen LogP contribution < -0.4 is 4.90 Å². The van der Waals surface area contributed by atoms with E-state index in [1.807, 2.05) is 12.1 Å². The van der Waals surface area contributed by atoms with Gasteiger partial charge in [-0.25, -0.2) is 0 Å². The van der Waals surface area contributed by atoms with Crippen LogP contribution in [0.25, 0.3) is 0 Å². The van der Waals surface area contributed by atoms with Crippen molar-refractivity contribution in [2.24, 2.45) is 0 Å². The first kappa shape index (κ1) is 13.7. The molecule has 18 heavy (non-hydrogen) atoms. The highest BCUT2D eigenvalue weighted by molar-refractivity contribution is 6.33. The lowest BCUT2D eigenvalue weighted by Crippen LogP contribution is -2.27. The van der Waals surface area contributed by atoms with Gasteiger partial charge in [0.15, 0.2) is 0 Å². The fourth-order valence-corrected chi connectivity index (χ4v) is 2.53. The van der Waals surface area contributed by atoms with Gasteiger partial charge in [0.1, 0.15) is 0 Å². The van der Waals surface area contributed by atoms with Crippen molar-refractivity contribution >= 4 is 17.3 Å². The van der Waals surface area contributed by atoms with E-state index in [-0.39, 0.29) is 0 Å². The minimum absolute atomic E-state index is 0.457. The Morgan fingerprint density at radius 1 is 1.44 bits per heavy atom. The Labute approximate surface area is 115 Å². The third-order valence-corrected chi connectivity index (χ3v) is 3.81. The monoisotopic (exact) mass is 267 g/mol. The number of unbranched alkanes of at least 4 members (excludes halogenated alkanes) is 1. The molecule has 1 N–H and O–H groups in total. The lowest BCUT2D eigenvalue weighted by atomic mass is 10.1. The maximum absolute atomic E-state index is 9.57. The normalized spacial score (nSPS) is 16.7. The lowest BCUT2D eigenvalue weighted by molar-refractivity contribution is 0.199. The highest BCUT2D eigenvalue weighted by atomic mass is 35.5. The van der Waals surface area contributed by atoms with Crippen molar-refractivity contribution in [3.63, 3.8) is 0 Å². The molecule has 2 rings (SSSR count). The van der Waals surface area contributed by atoms with Crippen molar-refractivity contribution in [2.45, 2.75) is 51.7 Å². The zero-order valence-corrected chi connectivity index (χ0v) is 12.0. The molecule has 0 spiro atoms. The highest BCUT2D eigenvalue weighted by Crippen LogP contribution is 2.37. The number of anilines is 1. The summed E-state index contributed by atoms with van der Waals surface area (Å²) in [7, 11) is 0. The average Bonchev–Trinajstić information content (AvgIpc) is 3.15. The van der Waals surface area contributed by atoms with Crippen molar-refractivity contribution < 1.29 is 5.11 Å². The summed E-state index contributed by atoms with van der Waals surface area (Å²) in [6.07, 6.45) is 4.50. The van der Waals surface area contributed by atoms with Crippen LogP contribution in [0.1, 0.15) is 51.2 Å². The number of aliphatic hydroxyl groups excluding tert-OH is 1. The minimum atomic E-state index is -0.457. The Balaban J connectivity index is 2.19. The fourth-order valence-electron chi connectivity index (χ4n) is 2.23. The second-order valence-corrected chi connectivity index (χ2v) is 5.57. The van der Waals surface area contributed by atoms with E-state index in [1.165, 1.54) is 25.7 Å². The lowest BCUT2D eigenvalue weighted by Gasteiger charge is -2.26. The smallest absolute Gasteiger partial charge is 0.0762 e. The van der Waals surface area contributed by atoms with Crippen LogP contribution in [0.3, 0.4) is 0 Å². The van der Waals surface area contributed by atoms with E-state index in [0.29, 0.717) is 6.04 Å². The fraction of sp³-hybridized carbons (Fsp3) is 0.600. The van der Waals surface area contributed by atoms with E-state index in [2.05, 4.69) is 17.9 Å². The summed E-state index contributed by atoms with van der Waals surface area (Å²) in [6, 6.07) is 6.60. The largest absolute Gasteiger partial charge is 0.389 e. The summed E-state index contributed by atoms with van der Waals surface area (Å²) in [4.78, 5) is 2.43. The first-order valence-electron chi connectivity index (χ1n) is 6.87. The number of aliphatic hydroxyl groups is 1. The van der Waals surface area contributed by atoms with E-state index in [1.54, 1.807) is 6.92 Å². The van der Waals surface area contributed by atoms with Crippen molar-refractivity contribution in [1.29, 1.82) is 0 Å². The van der Waals surface area contributed by atoms with E-state index >= 15 is 0 Å². The molecule has 0 amide bonds. The Morgan fingerprint density at radius 2 is 2.17 bits per heavy atom. The van der Waals surface area contributed by atoms with Crippen LogP contribution >= 0.6 is 11.6 Å². The first-order chi connectivity index (χ1) is 8.63. The van der Waals surface area contributed by atoms with Crippen LogP contribution in [0.5, 0.6) is 0 Å². The molecule has 0 bridgehead atoms. The molecule has 1 aliphatic carbocycles. The summed E-state index contributed by atoms with van der Waals surface area (Å²) in [5.74, 6) is 0. The van der Waals surface area contributed by atoms with Gasteiger partial charge in [-0.05, 0) is 43.9 Å². The third-order valence-electron chi connectivity index (χ3n) is 3.50. The molecular weight excluding hydrogens is 246 g/mol. The van der Waals surface area contributed by atoms with Crippen molar-refractivity contribution in [3.8, 4) is 0 Å². The standard InChI is InChI=1S/C15H22ClNO/c1-3-4-9-17(13-6-7-13)15-8-5-12(11(2)18)10-14(15)16/h5,8,10-11,13,18H,3-4,6-7,9H2,1-2H3. The molecular formula is C15H22ClNO. The van der Waals surface area contributed by atoms with Crippen LogP contribution in [0.15, 0.2) is 18.2 Å². The van der Waals surface area contributed by atoms with Gasteiger partial charge in [0.2, 0.25) is 0 Å². The van der Waals surface area contributed by atoms with Crippen LogP contribution in [-0.2, 0) is 0 Å². The number of halogens is 1. The molecule has 0 heterocycles. The van der Waals surface area contributed by atoms with E-state index in [0.717, 1.165) is 22.8 Å². The molecule has 0 radical (unpaired) electrons. The molecule has 1 aliphatic rings. The van der Waals surface area contributed by atoms with Crippen molar-refractivity contribution in [1.82, 2.24) is 0 Å². The molecule has 2 nitrogen and oxygen atoms in total. The predicted octanol–water partition coefficient (Wildman–Crippen LogP) is 4.16. The molecule has 1 atom stereocenters. The number of hydrogen-bond acceptors (Lipinski definition) is 2. The van der Waals surface area contributed by atoms with Gasteiger partial charge in [0.05, 0.1) is 16.8 Å². The SMILES string of the molecule is CCCCN(c1ccc(C(C)O)cc1Cl)C1CC1. The van der Waals surface area contributed by atoms with Gasteiger partial charge in [0, 0.05) is 12.6 Å². The Hall–Kier alpha value is -0.730. The van der Waals surface area contributed by atoms with Gasteiger partial charge < -0.3 is 10.0 Å². The zero-order valence-electron chi connectivity index (χ0n) is 11.2. The Morgan fingerprint density at radius 3 is 2.67 bits per heavy atom. The summed E-state index contributed by atoms with van der Waals surface area (Å²) in [5, 5.41) is 10.3. The summed E-state index contributed by atoms with van der Waals surface area (Å²) < 4.78 is 0. The second kappa shape index (κ2) is 5.94. The maximum Gasteiger partial charge on any atom is 0.0762 e. The highest BCUT2D eigenvalue weighted by Gasteiger charge is 2.29. The van der Waals surface area contributed by atoms with Gasteiger partial charge in [-0.15, -0.1) is 0 Å². The molecule has 100 valence electrons. The van der Waals surface area contributed by atoms with Crippen molar-refractivity contribution in [3.05, 3.63) is 28.8 Å². The molecule has 1 fully saturated rings. The summed E-state index contributed by atoms with van der Waals surface area (Å²) >= 11 is 6.37. The van der Waals surface area contributed by atoms with Crippen LogP contribution in [-0.4, -0.2) is 17.7 Å². The second-order valence-electron chi connectivity index (χ2n) is 5.16. The topological polar surface area (TPSA) is 23.5 Å². The van der Waals surface area contributed by atoms with Crippen LogP contribution in [0, 0.1) is 0 Å². The maximum atomic E-state index is 9.57. The summed E-state index contributed by atoms with van der Waals surface area (Å²) in [6.45, 7) is 5.05. The molecule has 1 saturated carbocycles. The molecule has 1 unspecified atom stereocenters. The van der Waals surface area contributed by atoms with Gasteiger partial charge in [-0.1, -0.05) is 31.0 Å². The number of nitrogens with zero attached hydrogens (tertiary/aromatic N) is 1. The molecule has 1 aromatic rings. The minimum Gasteiger partial charge on any atom is -0.389 e. The van der Waals surface area contributed by atoms with Gasteiger partial charge in [-0.3, -0.25) is 0 Å². The van der Waals surface area contributed by atoms with E-state index < -0.39 is 6.10 Å². The predicted molar refractivity (Wildman–Crippen MR) is 77.4 cm³/mol. The summed E-state index contributed by atoms with van der Waals surface area (Å²) in [5.41, 5.74) is 2.01. The van der Waals surface area contributed by atoms with Crippen LogP contribution in [0.2, 0.25) is 5.02 Å². The Bertz CT molecular complexity index is 401. The average molecular weight is 268 g/mol. The first-order valence-corrected chi connectivity index (χ1v) is 7.25. The molecule has 1 aromatic carbocycles. The van der Waals surface area contributed by atoms with Gasteiger partial charge >= 0.3 is 0 Å². The van der Waals surface area contributed by atoms with Gasteiger partial charge in [-0.2, -0.15) is 0 Å². The number of benzene rings is 1. The third kappa shape index (κ3) is 3.18. The van der Waals surface area contributed by atoms with Crippen molar-refractivity contribution in [2.75, 3.05) is 11.4 Å². The number of hydrogen-bond donors (Lipinski definition) is 1. The number of rotatable bonds is 6. The molecule has 0 aromatic heterocycles. The zero-order chi connectivity index (χ0) is 13.1.